The maximum Gasteiger partial charge on any atom is 0.423 e. The molecule has 0 bridgehead atoms. The number of aryl methyl sites for hydroxylation is 1. The van der Waals surface area contributed by atoms with Crippen LogP contribution in [0.3, 0.4) is 0 Å². The number of imidazole rings is 1. The minimum atomic E-state index is -5.12. The van der Waals surface area contributed by atoms with E-state index in [0.29, 0.717) is 41.1 Å². The molecule has 1 fully saturated rings. The number of aromatic nitrogens is 2. The zero-order valence-corrected chi connectivity index (χ0v) is 23.1. The number of amides is 1. The van der Waals surface area contributed by atoms with Crippen molar-refractivity contribution in [3.8, 4) is 0 Å². The predicted octanol–water partition coefficient (Wildman–Crippen LogP) is 6.44. The Morgan fingerprint density at radius 2 is 1.85 bits per heavy atom. The number of rotatable bonds is 6. The van der Waals surface area contributed by atoms with Crippen LogP contribution in [0.1, 0.15) is 29.8 Å². The van der Waals surface area contributed by atoms with Gasteiger partial charge in [0.05, 0.1) is 32.7 Å². The average molecular weight is 632 g/mol. The number of halogens is 9. The quantitative estimate of drug-likeness (QED) is 0.307. The second-order valence-corrected chi connectivity index (χ2v) is 10.7. The van der Waals surface area contributed by atoms with E-state index >= 15 is 0 Å². The first-order valence-corrected chi connectivity index (χ1v) is 13.2. The third-order valence-corrected chi connectivity index (χ3v) is 8.01. The fourth-order valence-corrected chi connectivity index (χ4v) is 5.49. The third-order valence-electron chi connectivity index (χ3n) is 6.88. The van der Waals surface area contributed by atoms with Crippen LogP contribution in [0.25, 0.3) is 11.0 Å². The Bertz CT molecular complexity index is 1430. The van der Waals surface area contributed by atoms with Gasteiger partial charge in [-0.2, -0.15) is 26.3 Å². The average Bonchev–Trinajstić information content (AvgIpc) is 3.17. The lowest BCUT2D eigenvalue weighted by Crippen LogP contribution is -2.43. The van der Waals surface area contributed by atoms with Gasteiger partial charge in [0.2, 0.25) is 6.10 Å². The summed E-state index contributed by atoms with van der Waals surface area (Å²) in [7, 11) is 1.71. The summed E-state index contributed by atoms with van der Waals surface area (Å²) in [5, 5.41) is 11.7. The molecule has 2 atom stereocenters. The molecule has 0 radical (unpaired) electrons. The number of nitrogens with one attached hydrogen (secondary N) is 1. The SMILES string of the molecule is Cn1c(Cc2c(Cl)ccc(CNC(=O)C(O)C(F)(F)F)c2Cl)nc2cc(Cl)c(N3CCCC(C(F)(F)F)C3)cc21. The molecule has 2 N–H and O–H groups in total. The van der Waals surface area contributed by atoms with E-state index in [0.717, 1.165) is 0 Å². The second-order valence-electron chi connectivity index (χ2n) is 9.54. The minimum absolute atomic E-state index is 0.0584. The number of hydrogen-bond donors (Lipinski definition) is 2. The third kappa shape index (κ3) is 6.40. The largest absolute Gasteiger partial charge is 0.423 e. The van der Waals surface area contributed by atoms with Crippen molar-refractivity contribution in [3.63, 3.8) is 0 Å². The van der Waals surface area contributed by atoms with Crippen molar-refractivity contribution in [1.82, 2.24) is 14.9 Å². The summed E-state index contributed by atoms with van der Waals surface area (Å²) in [5.41, 5.74) is 2.22. The molecule has 40 heavy (non-hydrogen) atoms. The highest BCUT2D eigenvalue weighted by Crippen LogP contribution is 2.39. The van der Waals surface area contributed by atoms with Crippen LogP contribution < -0.4 is 10.2 Å². The molecule has 218 valence electrons. The summed E-state index contributed by atoms with van der Waals surface area (Å²) >= 11 is 19.3. The molecule has 1 aromatic heterocycles. The Hall–Kier alpha value is -2.41. The van der Waals surface area contributed by atoms with E-state index < -0.39 is 36.8 Å². The molecular formula is C25H23Cl3F6N4O2. The van der Waals surface area contributed by atoms with E-state index in [1.54, 1.807) is 28.6 Å². The van der Waals surface area contributed by atoms with E-state index in [4.69, 9.17) is 39.9 Å². The number of piperidine rings is 1. The number of carbonyl (C=O) groups excluding carboxylic acids is 1. The molecule has 1 amide bonds. The second kappa shape index (κ2) is 11.5. The topological polar surface area (TPSA) is 70.4 Å². The van der Waals surface area contributed by atoms with E-state index in [9.17, 15) is 31.1 Å². The van der Waals surface area contributed by atoms with Crippen LogP contribution in [0, 0.1) is 5.92 Å². The van der Waals surface area contributed by atoms with Crippen molar-refractivity contribution in [2.75, 3.05) is 18.0 Å². The fourth-order valence-electron chi connectivity index (χ4n) is 4.65. The van der Waals surface area contributed by atoms with Gasteiger partial charge in [0.1, 0.15) is 5.82 Å². The highest BCUT2D eigenvalue weighted by atomic mass is 35.5. The number of aliphatic hydroxyl groups is 1. The normalized spacial score (nSPS) is 17.4. The van der Waals surface area contributed by atoms with Gasteiger partial charge in [-0.05, 0) is 42.2 Å². The van der Waals surface area contributed by atoms with Crippen LogP contribution in [-0.2, 0) is 24.8 Å². The zero-order valence-electron chi connectivity index (χ0n) is 20.8. The summed E-state index contributed by atoms with van der Waals surface area (Å²) in [6.45, 7) is -0.170. The maximum atomic E-state index is 13.4. The van der Waals surface area contributed by atoms with Gasteiger partial charge < -0.3 is 19.9 Å². The van der Waals surface area contributed by atoms with Crippen molar-refractivity contribution >= 4 is 57.4 Å². The number of anilines is 1. The zero-order chi connectivity index (χ0) is 29.6. The first-order chi connectivity index (χ1) is 18.6. The molecule has 0 saturated carbocycles. The molecule has 1 saturated heterocycles. The highest BCUT2D eigenvalue weighted by molar-refractivity contribution is 6.36. The van der Waals surface area contributed by atoms with Crippen LogP contribution in [0.5, 0.6) is 0 Å². The van der Waals surface area contributed by atoms with Crippen LogP contribution in [0.15, 0.2) is 24.3 Å². The van der Waals surface area contributed by atoms with Crippen LogP contribution in [-0.4, -0.2) is 52.1 Å². The molecule has 0 spiro atoms. The summed E-state index contributed by atoms with van der Waals surface area (Å²) in [4.78, 5) is 17.9. The van der Waals surface area contributed by atoms with Gasteiger partial charge in [-0.25, -0.2) is 4.98 Å². The lowest BCUT2D eigenvalue weighted by molar-refractivity contribution is -0.205. The van der Waals surface area contributed by atoms with Crippen molar-refractivity contribution in [1.29, 1.82) is 0 Å². The molecule has 15 heteroatoms. The van der Waals surface area contributed by atoms with Gasteiger partial charge in [-0.15, -0.1) is 0 Å². The van der Waals surface area contributed by atoms with Gasteiger partial charge in [-0.1, -0.05) is 40.9 Å². The lowest BCUT2D eigenvalue weighted by Gasteiger charge is -2.35. The Kier molecular flexibility index (Phi) is 8.75. The van der Waals surface area contributed by atoms with Crippen molar-refractivity contribution < 1.29 is 36.2 Å². The van der Waals surface area contributed by atoms with Gasteiger partial charge in [0.15, 0.2) is 0 Å². The summed E-state index contributed by atoms with van der Waals surface area (Å²) in [6, 6.07) is 6.17. The molecule has 0 aliphatic carbocycles. The van der Waals surface area contributed by atoms with Gasteiger partial charge in [0.25, 0.3) is 5.91 Å². The van der Waals surface area contributed by atoms with Crippen molar-refractivity contribution in [3.05, 3.63) is 56.3 Å². The van der Waals surface area contributed by atoms with Gasteiger partial charge in [0, 0.05) is 38.1 Å². The van der Waals surface area contributed by atoms with Crippen LogP contribution in [0.2, 0.25) is 15.1 Å². The van der Waals surface area contributed by atoms with Crippen LogP contribution in [0.4, 0.5) is 32.0 Å². The van der Waals surface area contributed by atoms with E-state index in [1.165, 1.54) is 12.1 Å². The molecule has 2 aromatic carbocycles. The number of benzene rings is 2. The number of alkyl halides is 6. The monoisotopic (exact) mass is 630 g/mol. The van der Waals surface area contributed by atoms with Crippen molar-refractivity contribution in [2.45, 2.75) is 44.3 Å². The van der Waals surface area contributed by atoms with E-state index in [-0.39, 0.29) is 40.0 Å². The molecule has 4 rings (SSSR count). The number of fused-ring (bicyclic) bond motifs is 1. The molecular weight excluding hydrogens is 609 g/mol. The van der Waals surface area contributed by atoms with Crippen molar-refractivity contribution in [2.24, 2.45) is 13.0 Å². The van der Waals surface area contributed by atoms with E-state index in [1.807, 2.05) is 5.32 Å². The standard InChI is InChI=1S/C25H23Cl3F6N4O2/c1-37-19-9-18(38-6-2-3-13(11-38)24(29,30)31)16(27)8-17(19)36-20(37)7-14-15(26)5-4-12(21(14)28)10-35-23(40)22(39)25(32,33)34/h4-5,8-9,13,22,39H,2-3,6-7,10-11H2,1H3,(H,35,40). The Morgan fingerprint density at radius 3 is 2.50 bits per heavy atom. The first kappa shape index (κ1) is 30.5. The molecule has 6 nitrogen and oxygen atoms in total. The van der Waals surface area contributed by atoms with E-state index in [2.05, 4.69) is 4.98 Å². The number of carbonyl (C=O) groups is 1. The molecule has 2 heterocycles. The lowest BCUT2D eigenvalue weighted by atomic mass is 9.97. The predicted molar refractivity (Wildman–Crippen MR) is 140 cm³/mol. The molecule has 1 aliphatic heterocycles. The highest BCUT2D eigenvalue weighted by Gasteiger charge is 2.44. The minimum Gasteiger partial charge on any atom is -0.376 e. The van der Waals surface area contributed by atoms with Gasteiger partial charge >= 0.3 is 12.4 Å². The van der Waals surface area contributed by atoms with Crippen LogP contribution >= 0.6 is 34.8 Å². The summed E-state index contributed by atoms with van der Waals surface area (Å²) in [6.07, 6.45) is -12.1. The summed E-state index contributed by atoms with van der Waals surface area (Å²) < 4.78 is 79.5. The molecule has 1 aliphatic rings. The Morgan fingerprint density at radius 1 is 1.15 bits per heavy atom. The van der Waals surface area contributed by atoms with Gasteiger partial charge in [-0.3, -0.25) is 4.79 Å². The number of nitrogens with zero attached hydrogens (tertiary/aromatic N) is 3. The molecule has 3 aromatic rings. The molecule has 2 unspecified atom stereocenters. The summed E-state index contributed by atoms with van der Waals surface area (Å²) in [5.74, 6) is -2.60. The number of hydrogen-bond acceptors (Lipinski definition) is 4. The fraction of sp³-hybridized carbons (Fsp3) is 0.440. The Labute approximate surface area is 239 Å². The number of aliphatic hydroxyl groups excluding tert-OH is 1. The first-order valence-electron chi connectivity index (χ1n) is 12.0. The smallest absolute Gasteiger partial charge is 0.376 e. The Balaban J connectivity index is 1.59. The maximum absolute atomic E-state index is 13.4.